The molecular weight excluding hydrogens is 713 g/mol. The van der Waals surface area contributed by atoms with Crippen molar-refractivity contribution in [2.45, 2.75) is 37.5 Å². The summed E-state index contributed by atoms with van der Waals surface area (Å²) in [4.78, 5) is 0. The zero-order valence-electron chi connectivity index (χ0n) is 32.9. The van der Waals surface area contributed by atoms with Crippen LogP contribution in [0.1, 0.15) is 43.2 Å². The molecule has 280 valence electrons. The fraction of sp³-hybridized carbons (Fsp3) is 0.172. The Labute approximate surface area is 343 Å². The van der Waals surface area contributed by atoms with E-state index in [1.807, 2.05) is 0 Å². The molecule has 0 N–H and O–H groups in total. The molecule has 0 amide bonds. The van der Waals surface area contributed by atoms with Crippen LogP contribution in [0.2, 0.25) is 0 Å². The second-order valence-corrected chi connectivity index (χ2v) is 18.4. The highest BCUT2D eigenvalue weighted by Crippen LogP contribution is 2.70. The largest absolute Gasteiger partial charge is 0.456 e. The molecular formula is C58H42O. The highest BCUT2D eigenvalue weighted by molar-refractivity contribution is 6.22. The van der Waals surface area contributed by atoms with Crippen LogP contribution in [0, 0.1) is 23.7 Å². The van der Waals surface area contributed by atoms with Crippen LogP contribution in [0.4, 0.5) is 0 Å². The van der Waals surface area contributed by atoms with Gasteiger partial charge < -0.3 is 4.42 Å². The molecule has 15 rings (SSSR count). The van der Waals surface area contributed by atoms with Gasteiger partial charge in [-0.25, -0.2) is 0 Å². The molecule has 5 aliphatic carbocycles. The minimum absolute atomic E-state index is 0.117. The van der Waals surface area contributed by atoms with Crippen LogP contribution < -0.4 is 0 Å². The normalized spacial score (nSPS) is 22.6. The molecule has 0 aliphatic heterocycles. The Bertz CT molecular complexity index is 3310. The van der Waals surface area contributed by atoms with Crippen LogP contribution in [-0.4, -0.2) is 0 Å². The molecule has 1 spiro atoms. The quantitative estimate of drug-likeness (QED) is 0.164. The number of benzene rings is 9. The van der Waals surface area contributed by atoms with E-state index in [1.165, 1.54) is 114 Å². The summed E-state index contributed by atoms with van der Waals surface area (Å²) in [7, 11) is 0. The summed E-state index contributed by atoms with van der Waals surface area (Å²) in [5.74, 6) is 3.29. The standard InChI is InChI=1S/C58H42O/c1-2-11-37(12-3-1)55-46-14-6-8-16-48(46)56(49-17-9-7-15-47(49)55)40-20-23-45-44-22-18-39(32-53(44)59-54(45)33-40)38-19-24-50-52(31-38)58(41-27-34-26-35(29-41)30-42(58)28-34)51-25-21-36-10-4-5-13-43(36)57(50)51/h1-25,31-35,41-42H,26-30H2. The van der Waals surface area contributed by atoms with Crippen molar-refractivity contribution in [1.82, 2.24) is 0 Å². The van der Waals surface area contributed by atoms with Gasteiger partial charge in [0.25, 0.3) is 0 Å². The topological polar surface area (TPSA) is 13.1 Å². The summed E-state index contributed by atoms with van der Waals surface area (Å²) in [5, 5.41) is 10.1. The number of hydrogen-bond donors (Lipinski definition) is 0. The molecule has 4 fully saturated rings. The smallest absolute Gasteiger partial charge is 0.136 e. The summed E-state index contributed by atoms with van der Waals surface area (Å²) < 4.78 is 6.87. The van der Waals surface area contributed by atoms with E-state index in [2.05, 4.69) is 170 Å². The molecule has 1 heterocycles. The maximum absolute atomic E-state index is 6.87. The van der Waals surface area contributed by atoms with Crippen LogP contribution in [0.5, 0.6) is 0 Å². The van der Waals surface area contributed by atoms with Gasteiger partial charge in [-0.2, -0.15) is 0 Å². The lowest BCUT2D eigenvalue weighted by molar-refractivity contribution is -0.0399. The second-order valence-electron chi connectivity index (χ2n) is 18.4. The third-order valence-electron chi connectivity index (χ3n) is 15.6. The highest BCUT2D eigenvalue weighted by Gasteiger charge is 2.61. The summed E-state index contributed by atoms with van der Waals surface area (Å²) in [6, 6.07) is 63.9. The van der Waals surface area contributed by atoms with Gasteiger partial charge in [0.1, 0.15) is 11.2 Å². The summed E-state index contributed by atoms with van der Waals surface area (Å²) in [5.41, 5.74) is 15.7. The maximum atomic E-state index is 6.87. The second kappa shape index (κ2) is 11.8. The van der Waals surface area contributed by atoms with Crippen LogP contribution in [-0.2, 0) is 5.41 Å². The molecule has 1 heteroatoms. The Balaban J connectivity index is 0.920. The molecule has 10 aromatic rings. The third-order valence-corrected chi connectivity index (χ3v) is 15.6. The predicted molar refractivity (Wildman–Crippen MR) is 246 cm³/mol. The first-order chi connectivity index (χ1) is 29.2. The first kappa shape index (κ1) is 32.5. The molecule has 9 aromatic carbocycles. The minimum atomic E-state index is 0.117. The van der Waals surface area contributed by atoms with E-state index in [0.29, 0.717) is 0 Å². The first-order valence-electron chi connectivity index (χ1n) is 21.8. The van der Waals surface area contributed by atoms with Crippen molar-refractivity contribution in [1.29, 1.82) is 0 Å². The molecule has 1 aromatic heterocycles. The third kappa shape index (κ3) is 4.35. The average molecular weight is 755 g/mol. The molecule has 0 atom stereocenters. The van der Waals surface area contributed by atoms with Gasteiger partial charge in [0.2, 0.25) is 0 Å². The average Bonchev–Trinajstić information content (AvgIpc) is 3.80. The van der Waals surface area contributed by atoms with Gasteiger partial charge >= 0.3 is 0 Å². The van der Waals surface area contributed by atoms with Crippen molar-refractivity contribution in [3.63, 3.8) is 0 Å². The number of hydrogen-bond acceptors (Lipinski definition) is 1. The molecule has 1 nitrogen and oxygen atoms in total. The zero-order valence-corrected chi connectivity index (χ0v) is 32.9. The van der Waals surface area contributed by atoms with Crippen LogP contribution >= 0.6 is 0 Å². The van der Waals surface area contributed by atoms with Gasteiger partial charge in [-0.05, 0) is 174 Å². The predicted octanol–water partition coefficient (Wildman–Crippen LogP) is 15.8. The van der Waals surface area contributed by atoms with Gasteiger partial charge in [-0.15, -0.1) is 0 Å². The van der Waals surface area contributed by atoms with Gasteiger partial charge in [-0.3, -0.25) is 0 Å². The Morgan fingerprint density at radius 3 is 1.54 bits per heavy atom. The lowest BCUT2D eigenvalue weighted by atomic mass is 9.43. The monoisotopic (exact) mass is 754 g/mol. The van der Waals surface area contributed by atoms with Gasteiger partial charge in [0.05, 0.1) is 0 Å². The Morgan fingerprint density at radius 1 is 0.356 bits per heavy atom. The van der Waals surface area contributed by atoms with Crippen LogP contribution in [0.25, 0.3) is 98.8 Å². The summed E-state index contributed by atoms with van der Waals surface area (Å²) in [6.07, 6.45) is 7.02. The molecule has 0 saturated heterocycles. The van der Waals surface area contributed by atoms with E-state index < -0.39 is 0 Å². The van der Waals surface area contributed by atoms with Crippen LogP contribution in [0.3, 0.4) is 0 Å². The Hall–Kier alpha value is -6.44. The molecule has 5 aliphatic rings. The Kier molecular flexibility index (Phi) is 6.52. The van der Waals surface area contributed by atoms with Crippen molar-refractivity contribution in [2.24, 2.45) is 23.7 Å². The number of rotatable bonds is 3. The number of fused-ring (bicyclic) bond motifs is 10. The first-order valence-corrected chi connectivity index (χ1v) is 21.8. The minimum Gasteiger partial charge on any atom is -0.456 e. The number of furan rings is 1. The van der Waals surface area contributed by atoms with E-state index in [-0.39, 0.29) is 5.41 Å². The van der Waals surface area contributed by atoms with E-state index >= 15 is 0 Å². The fourth-order valence-corrected chi connectivity index (χ4v) is 13.6. The highest BCUT2D eigenvalue weighted by atomic mass is 16.3. The molecule has 0 unspecified atom stereocenters. The van der Waals surface area contributed by atoms with Gasteiger partial charge in [-0.1, -0.05) is 140 Å². The van der Waals surface area contributed by atoms with Gasteiger partial charge in [0.15, 0.2) is 0 Å². The lowest BCUT2D eigenvalue weighted by Crippen LogP contribution is -2.55. The zero-order chi connectivity index (χ0) is 38.4. The molecule has 4 saturated carbocycles. The molecule has 59 heavy (non-hydrogen) atoms. The lowest BCUT2D eigenvalue weighted by Gasteiger charge is -2.61. The SMILES string of the molecule is c1ccc(-c2c3ccccc3c(-c3ccc4c(c3)oc3cc(-c5ccc6c(c5)C5(c7ccc8ccccc8c7-6)C6CC7CC(C6)CC5C7)ccc34)c3ccccc23)cc1. The maximum Gasteiger partial charge on any atom is 0.136 e. The van der Waals surface area contributed by atoms with Crippen molar-refractivity contribution in [2.75, 3.05) is 0 Å². The van der Waals surface area contributed by atoms with E-state index in [9.17, 15) is 0 Å². The van der Waals surface area contributed by atoms with Crippen molar-refractivity contribution < 1.29 is 4.42 Å². The van der Waals surface area contributed by atoms with Gasteiger partial charge in [0, 0.05) is 16.2 Å². The summed E-state index contributed by atoms with van der Waals surface area (Å²) in [6.45, 7) is 0. The van der Waals surface area contributed by atoms with Crippen molar-refractivity contribution in [3.8, 4) is 44.5 Å². The van der Waals surface area contributed by atoms with E-state index in [4.69, 9.17) is 4.42 Å². The van der Waals surface area contributed by atoms with E-state index in [0.717, 1.165) is 40.2 Å². The van der Waals surface area contributed by atoms with Crippen molar-refractivity contribution >= 4 is 54.3 Å². The van der Waals surface area contributed by atoms with E-state index in [1.54, 1.807) is 11.1 Å². The van der Waals surface area contributed by atoms with Crippen LogP contribution in [0.15, 0.2) is 174 Å². The molecule has 0 radical (unpaired) electrons. The summed E-state index contributed by atoms with van der Waals surface area (Å²) >= 11 is 0. The van der Waals surface area contributed by atoms with Crippen molar-refractivity contribution in [3.05, 3.63) is 181 Å². The fourth-order valence-electron chi connectivity index (χ4n) is 13.6. The Morgan fingerprint density at radius 2 is 0.881 bits per heavy atom. The molecule has 4 bridgehead atoms.